The summed E-state index contributed by atoms with van der Waals surface area (Å²) in [5.41, 5.74) is -1.23. The Kier molecular flexibility index (Phi) is 6.26. The SMILES string of the molecule is O=C1OCC=C[C@@H]2O[C@]34C=CCN(CCN5CCOCC5)C(=O)C3N(CCCO)C(=O)[C@@H]4[C@H]12. The first kappa shape index (κ1) is 22.5. The maximum Gasteiger partial charge on any atom is 0.313 e. The van der Waals surface area contributed by atoms with Gasteiger partial charge < -0.3 is 29.1 Å². The van der Waals surface area contributed by atoms with E-state index in [4.69, 9.17) is 14.2 Å². The Hall–Kier alpha value is -2.27. The predicted molar refractivity (Wildman–Crippen MR) is 115 cm³/mol. The van der Waals surface area contributed by atoms with Gasteiger partial charge in [-0.05, 0) is 12.5 Å². The number of amides is 2. The van der Waals surface area contributed by atoms with Gasteiger partial charge in [0.25, 0.3) is 0 Å². The Morgan fingerprint density at radius 3 is 2.67 bits per heavy atom. The van der Waals surface area contributed by atoms with E-state index in [1.54, 1.807) is 17.1 Å². The van der Waals surface area contributed by atoms with E-state index >= 15 is 0 Å². The van der Waals surface area contributed by atoms with Crippen molar-refractivity contribution in [2.75, 3.05) is 65.7 Å². The molecule has 1 spiro atoms. The lowest BCUT2D eigenvalue weighted by Crippen LogP contribution is -2.56. The molecule has 1 unspecified atom stereocenters. The molecule has 5 atom stereocenters. The molecule has 0 aromatic carbocycles. The van der Waals surface area contributed by atoms with Gasteiger partial charge in [0.15, 0.2) is 0 Å². The minimum Gasteiger partial charge on any atom is -0.461 e. The Morgan fingerprint density at radius 2 is 1.88 bits per heavy atom. The van der Waals surface area contributed by atoms with E-state index < -0.39 is 35.6 Å². The molecule has 180 valence electrons. The molecule has 5 aliphatic rings. The van der Waals surface area contributed by atoms with Crippen LogP contribution in [0.5, 0.6) is 0 Å². The van der Waals surface area contributed by atoms with Crippen molar-refractivity contribution in [2.45, 2.75) is 24.2 Å². The third-order valence-electron chi connectivity index (χ3n) is 7.34. The average molecular weight is 462 g/mol. The molecule has 5 aliphatic heterocycles. The maximum absolute atomic E-state index is 13.9. The lowest BCUT2D eigenvalue weighted by atomic mass is 9.78. The molecule has 0 saturated carbocycles. The first-order chi connectivity index (χ1) is 16.1. The molecule has 0 radical (unpaired) electrons. The van der Waals surface area contributed by atoms with Crippen molar-refractivity contribution >= 4 is 17.8 Å². The summed E-state index contributed by atoms with van der Waals surface area (Å²) in [6.07, 6.45) is 6.92. The Bertz CT molecular complexity index is 855. The molecule has 10 heteroatoms. The van der Waals surface area contributed by atoms with Crippen molar-refractivity contribution in [3.05, 3.63) is 24.3 Å². The first-order valence-electron chi connectivity index (χ1n) is 11.8. The van der Waals surface area contributed by atoms with Gasteiger partial charge in [-0.25, -0.2) is 0 Å². The number of aliphatic hydroxyl groups excluding tert-OH is 1. The summed E-state index contributed by atoms with van der Waals surface area (Å²) in [6, 6.07) is -0.877. The van der Waals surface area contributed by atoms with Gasteiger partial charge in [0.1, 0.15) is 24.2 Å². The number of likely N-dealkylation sites (tertiary alicyclic amines) is 1. The third-order valence-corrected chi connectivity index (χ3v) is 7.34. The smallest absolute Gasteiger partial charge is 0.313 e. The summed E-state index contributed by atoms with van der Waals surface area (Å²) < 4.78 is 17.1. The number of esters is 1. The Balaban J connectivity index is 1.45. The van der Waals surface area contributed by atoms with Gasteiger partial charge in [0, 0.05) is 45.9 Å². The van der Waals surface area contributed by atoms with Crippen LogP contribution in [0.3, 0.4) is 0 Å². The van der Waals surface area contributed by atoms with Gasteiger partial charge in [-0.3, -0.25) is 19.3 Å². The zero-order valence-electron chi connectivity index (χ0n) is 18.6. The van der Waals surface area contributed by atoms with Gasteiger partial charge in [-0.15, -0.1) is 0 Å². The van der Waals surface area contributed by atoms with Crippen molar-refractivity contribution in [1.82, 2.24) is 14.7 Å². The second kappa shape index (κ2) is 9.17. The normalized spacial score (nSPS) is 36.3. The summed E-state index contributed by atoms with van der Waals surface area (Å²) in [6.45, 7) is 4.95. The van der Waals surface area contributed by atoms with Crippen molar-refractivity contribution in [3.63, 3.8) is 0 Å². The van der Waals surface area contributed by atoms with E-state index in [1.807, 2.05) is 12.2 Å². The lowest BCUT2D eigenvalue weighted by molar-refractivity contribution is -0.153. The number of hydrogen-bond acceptors (Lipinski definition) is 8. The molecule has 3 fully saturated rings. The van der Waals surface area contributed by atoms with E-state index in [0.717, 1.165) is 19.6 Å². The van der Waals surface area contributed by atoms with E-state index in [1.165, 1.54) is 4.90 Å². The summed E-state index contributed by atoms with van der Waals surface area (Å²) in [7, 11) is 0. The monoisotopic (exact) mass is 461 g/mol. The highest BCUT2D eigenvalue weighted by Crippen LogP contribution is 2.53. The van der Waals surface area contributed by atoms with Crippen LogP contribution in [0, 0.1) is 11.8 Å². The van der Waals surface area contributed by atoms with Crippen molar-refractivity contribution in [3.8, 4) is 0 Å². The molecular weight excluding hydrogens is 430 g/mol. The number of carbonyl (C=O) groups is 3. The molecule has 3 saturated heterocycles. The van der Waals surface area contributed by atoms with Crippen LogP contribution in [0.1, 0.15) is 6.42 Å². The van der Waals surface area contributed by atoms with Crippen LogP contribution in [-0.2, 0) is 28.6 Å². The van der Waals surface area contributed by atoms with Crippen molar-refractivity contribution in [1.29, 1.82) is 0 Å². The van der Waals surface area contributed by atoms with Crippen LogP contribution in [0.2, 0.25) is 0 Å². The number of rotatable bonds is 6. The van der Waals surface area contributed by atoms with Crippen molar-refractivity contribution < 1.29 is 33.7 Å². The van der Waals surface area contributed by atoms with Crippen molar-refractivity contribution in [2.24, 2.45) is 11.8 Å². The van der Waals surface area contributed by atoms with E-state index in [2.05, 4.69) is 4.90 Å². The van der Waals surface area contributed by atoms with Crippen LogP contribution in [0.15, 0.2) is 24.3 Å². The second-order valence-corrected chi connectivity index (χ2v) is 9.15. The molecule has 2 amide bonds. The number of aliphatic hydroxyl groups is 1. The summed E-state index contributed by atoms with van der Waals surface area (Å²) in [4.78, 5) is 45.9. The molecule has 0 aromatic rings. The number of fused-ring (bicyclic) bond motifs is 2. The fraction of sp³-hybridized carbons (Fsp3) is 0.696. The number of carbonyl (C=O) groups excluding carboxylic acids is 3. The van der Waals surface area contributed by atoms with Gasteiger partial charge in [0.05, 0.1) is 25.2 Å². The van der Waals surface area contributed by atoms with Crippen LogP contribution < -0.4 is 0 Å². The first-order valence-corrected chi connectivity index (χ1v) is 11.8. The fourth-order valence-electron chi connectivity index (χ4n) is 5.78. The molecule has 0 bridgehead atoms. The third kappa shape index (κ3) is 3.78. The van der Waals surface area contributed by atoms with Gasteiger partial charge in [-0.2, -0.15) is 0 Å². The molecular formula is C23H31N3O7. The topological polar surface area (TPSA) is 109 Å². The van der Waals surface area contributed by atoms with E-state index in [-0.39, 0.29) is 31.6 Å². The summed E-state index contributed by atoms with van der Waals surface area (Å²) in [5.74, 6) is -2.58. The van der Waals surface area contributed by atoms with Crippen LogP contribution in [-0.4, -0.2) is 121 Å². The molecule has 33 heavy (non-hydrogen) atoms. The molecule has 0 aliphatic carbocycles. The van der Waals surface area contributed by atoms with Gasteiger partial charge >= 0.3 is 5.97 Å². The minimum atomic E-state index is -1.23. The quantitative estimate of drug-likeness (QED) is 0.388. The minimum absolute atomic E-state index is 0.101. The highest BCUT2D eigenvalue weighted by Gasteiger charge is 2.71. The molecule has 5 rings (SSSR count). The van der Waals surface area contributed by atoms with Crippen LogP contribution in [0.4, 0.5) is 0 Å². The number of nitrogens with zero attached hydrogens (tertiary/aromatic N) is 3. The highest BCUT2D eigenvalue weighted by atomic mass is 16.6. The van der Waals surface area contributed by atoms with E-state index in [9.17, 15) is 19.5 Å². The molecule has 10 nitrogen and oxygen atoms in total. The Morgan fingerprint density at radius 1 is 1.06 bits per heavy atom. The van der Waals surface area contributed by atoms with Gasteiger partial charge in [-0.1, -0.05) is 18.2 Å². The van der Waals surface area contributed by atoms with Gasteiger partial charge in [0.2, 0.25) is 11.8 Å². The number of ether oxygens (including phenoxy) is 3. The zero-order chi connectivity index (χ0) is 23.0. The molecule has 0 aromatic heterocycles. The standard InChI is InChI=1S/C23H31N3O7/c27-12-3-7-26-19-21(29)25(9-8-24-10-14-31-15-11-24)6-2-5-23(19)18(20(26)28)17-16(33-23)4-1-13-32-22(17)30/h1-2,4-5,16-19,27H,3,6-15H2/t16-,17+,18-,19?,23-/m0/s1. The van der Waals surface area contributed by atoms with Crippen LogP contribution >= 0.6 is 0 Å². The Labute approximate surface area is 192 Å². The van der Waals surface area contributed by atoms with E-state index in [0.29, 0.717) is 32.7 Å². The summed E-state index contributed by atoms with van der Waals surface area (Å²) in [5, 5.41) is 9.40. The number of cyclic esters (lactones) is 1. The average Bonchev–Trinajstić information content (AvgIpc) is 3.12. The maximum atomic E-state index is 13.9. The van der Waals surface area contributed by atoms with Crippen LogP contribution in [0.25, 0.3) is 0 Å². The number of hydrogen-bond donors (Lipinski definition) is 1. The molecule has 5 heterocycles. The lowest BCUT2D eigenvalue weighted by Gasteiger charge is -2.36. The second-order valence-electron chi connectivity index (χ2n) is 9.15. The summed E-state index contributed by atoms with van der Waals surface area (Å²) >= 11 is 0. The molecule has 1 N–H and O–H groups in total. The number of morpholine rings is 1. The fourth-order valence-corrected chi connectivity index (χ4v) is 5.78. The zero-order valence-corrected chi connectivity index (χ0v) is 18.6. The highest BCUT2D eigenvalue weighted by molar-refractivity contribution is 5.99. The largest absolute Gasteiger partial charge is 0.461 e. The predicted octanol–water partition coefficient (Wildman–Crippen LogP) is -1.21.